The first-order valence-electron chi connectivity index (χ1n) is 10.00. The number of hydrogen-bond donors (Lipinski definition) is 1. The lowest BCUT2D eigenvalue weighted by molar-refractivity contribution is -0.125. The van der Waals surface area contributed by atoms with Gasteiger partial charge >= 0.3 is 0 Å². The summed E-state index contributed by atoms with van der Waals surface area (Å²) in [6.07, 6.45) is 6.02. The van der Waals surface area contributed by atoms with Crippen molar-refractivity contribution in [2.75, 3.05) is 24.5 Å². The molecule has 4 rings (SSSR count). The Bertz CT molecular complexity index is 933. The quantitative estimate of drug-likeness (QED) is 0.677. The molecule has 1 aliphatic heterocycles. The van der Waals surface area contributed by atoms with Crippen LogP contribution in [0.3, 0.4) is 0 Å². The fraction of sp³-hybridized carbons (Fsp3) is 0.364. The Balaban J connectivity index is 1.21. The van der Waals surface area contributed by atoms with Crippen LogP contribution in [0.5, 0.6) is 0 Å². The van der Waals surface area contributed by atoms with E-state index in [1.54, 1.807) is 23.7 Å². The monoisotopic (exact) mass is 407 g/mol. The van der Waals surface area contributed by atoms with Gasteiger partial charge in [-0.25, -0.2) is 15.0 Å². The standard InChI is InChI=1S/C22H25N5OS/c1-16-26-20(15-29-16)18-5-3-17(4-6-18)7-12-23-21(28)19-8-13-27(14-9-19)22-24-10-2-11-25-22/h2-6,10-11,15,19H,7-9,12-14H2,1H3,(H,23,28). The van der Waals surface area contributed by atoms with Gasteiger partial charge in [-0.1, -0.05) is 24.3 Å². The second-order valence-electron chi connectivity index (χ2n) is 7.30. The molecule has 0 spiro atoms. The van der Waals surface area contributed by atoms with Gasteiger partial charge in [0.2, 0.25) is 11.9 Å². The highest BCUT2D eigenvalue weighted by molar-refractivity contribution is 7.09. The van der Waals surface area contributed by atoms with Crippen LogP contribution in [-0.4, -0.2) is 40.5 Å². The van der Waals surface area contributed by atoms with Crippen LogP contribution in [-0.2, 0) is 11.2 Å². The summed E-state index contributed by atoms with van der Waals surface area (Å²) in [6.45, 7) is 4.32. The number of nitrogens with zero attached hydrogens (tertiary/aromatic N) is 4. The molecule has 7 heteroatoms. The van der Waals surface area contributed by atoms with E-state index in [1.165, 1.54) is 5.56 Å². The fourth-order valence-electron chi connectivity index (χ4n) is 3.61. The maximum absolute atomic E-state index is 12.5. The van der Waals surface area contributed by atoms with E-state index in [-0.39, 0.29) is 11.8 Å². The molecule has 1 amide bonds. The van der Waals surface area contributed by atoms with Crippen molar-refractivity contribution in [3.05, 3.63) is 58.7 Å². The molecule has 1 aliphatic rings. The Kier molecular flexibility index (Phi) is 6.14. The number of benzene rings is 1. The van der Waals surface area contributed by atoms with E-state index in [0.29, 0.717) is 6.54 Å². The third kappa shape index (κ3) is 4.98. The van der Waals surface area contributed by atoms with Crippen LogP contribution in [0.15, 0.2) is 48.1 Å². The van der Waals surface area contributed by atoms with Crippen molar-refractivity contribution in [2.24, 2.45) is 5.92 Å². The van der Waals surface area contributed by atoms with Crippen molar-refractivity contribution in [2.45, 2.75) is 26.2 Å². The van der Waals surface area contributed by atoms with E-state index in [0.717, 1.165) is 54.6 Å². The predicted octanol–water partition coefficient (Wildman–Crippen LogP) is 3.48. The third-order valence-corrected chi connectivity index (χ3v) is 6.06. The largest absolute Gasteiger partial charge is 0.356 e. The molecule has 0 atom stereocenters. The van der Waals surface area contributed by atoms with Gasteiger partial charge in [-0.3, -0.25) is 4.79 Å². The van der Waals surface area contributed by atoms with Crippen molar-refractivity contribution >= 4 is 23.2 Å². The zero-order valence-corrected chi connectivity index (χ0v) is 17.4. The van der Waals surface area contributed by atoms with Crippen molar-refractivity contribution in [3.8, 4) is 11.3 Å². The van der Waals surface area contributed by atoms with E-state index >= 15 is 0 Å². The topological polar surface area (TPSA) is 71.0 Å². The zero-order valence-electron chi connectivity index (χ0n) is 16.5. The second-order valence-corrected chi connectivity index (χ2v) is 8.36. The number of carbonyl (C=O) groups is 1. The molecule has 0 aliphatic carbocycles. The molecule has 1 aromatic carbocycles. The number of anilines is 1. The summed E-state index contributed by atoms with van der Waals surface area (Å²) in [5, 5.41) is 6.27. The molecule has 3 heterocycles. The summed E-state index contributed by atoms with van der Waals surface area (Å²) in [5.74, 6) is 0.987. The molecule has 3 aromatic rings. The summed E-state index contributed by atoms with van der Waals surface area (Å²) in [6, 6.07) is 10.3. The van der Waals surface area contributed by atoms with Gasteiger partial charge in [0, 0.05) is 48.9 Å². The molecule has 0 saturated carbocycles. The Morgan fingerprint density at radius 2 is 1.90 bits per heavy atom. The molecule has 1 fully saturated rings. The lowest BCUT2D eigenvalue weighted by Gasteiger charge is -2.31. The van der Waals surface area contributed by atoms with Crippen LogP contribution in [0, 0.1) is 12.8 Å². The number of aryl methyl sites for hydroxylation is 1. The van der Waals surface area contributed by atoms with E-state index in [9.17, 15) is 4.79 Å². The Morgan fingerprint density at radius 1 is 1.17 bits per heavy atom. The van der Waals surface area contributed by atoms with Crippen LogP contribution in [0.2, 0.25) is 0 Å². The third-order valence-electron chi connectivity index (χ3n) is 5.28. The summed E-state index contributed by atoms with van der Waals surface area (Å²) < 4.78 is 0. The van der Waals surface area contributed by atoms with E-state index < -0.39 is 0 Å². The fourth-order valence-corrected chi connectivity index (χ4v) is 4.23. The van der Waals surface area contributed by atoms with Gasteiger partial charge in [-0.2, -0.15) is 0 Å². The maximum atomic E-state index is 12.5. The Hall–Kier alpha value is -2.80. The highest BCUT2D eigenvalue weighted by atomic mass is 32.1. The minimum absolute atomic E-state index is 0.0743. The summed E-state index contributed by atoms with van der Waals surface area (Å²) in [7, 11) is 0. The van der Waals surface area contributed by atoms with Crippen molar-refractivity contribution in [3.63, 3.8) is 0 Å². The molecule has 1 N–H and O–H groups in total. The highest BCUT2D eigenvalue weighted by Crippen LogP contribution is 2.22. The van der Waals surface area contributed by atoms with Crippen LogP contribution in [0.1, 0.15) is 23.4 Å². The first kappa shape index (κ1) is 19.5. The minimum Gasteiger partial charge on any atom is -0.356 e. The van der Waals surface area contributed by atoms with Gasteiger partial charge in [-0.15, -0.1) is 11.3 Å². The van der Waals surface area contributed by atoms with Gasteiger partial charge < -0.3 is 10.2 Å². The number of nitrogens with one attached hydrogen (secondary N) is 1. The number of rotatable bonds is 6. The zero-order chi connectivity index (χ0) is 20.1. The number of piperidine rings is 1. The molecule has 29 heavy (non-hydrogen) atoms. The number of hydrogen-bond acceptors (Lipinski definition) is 6. The molecule has 2 aromatic heterocycles. The van der Waals surface area contributed by atoms with Crippen molar-refractivity contribution in [1.29, 1.82) is 0 Å². The number of thiazole rings is 1. The maximum Gasteiger partial charge on any atom is 0.225 e. The lowest BCUT2D eigenvalue weighted by Crippen LogP contribution is -2.41. The summed E-state index contributed by atoms with van der Waals surface area (Å²) >= 11 is 1.66. The van der Waals surface area contributed by atoms with Crippen LogP contribution in [0.4, 0.5) is 5.95 Å². The van der Waals surface area contributed by atoms with Gasteiger partial charge in [0.05, 0.1) is 10.7 Å². The SMILES string of the molecule is Cc1nc(-c2ccc(CCNC(=O)C3CCN(c4ncccn4)CC3)cc2)cs1. The average Bonchev–Trinajstić information content (AvgIpc) is 3.21. The lowest BCUT2D eigenvalue weighted by atomic mass is 9.96. The molecular formula is C22H25N5OS. The normalized spacial score (nSPS) is 14.7. The molecule has 1 saturated heterocycles. The van der Waals surface area contributed by atoms with Crippen molar-refractivity contribution in [1.82, 2.24) is 20.3 Å². The Labute approximate surface area is 175 Å². The van der Waals surface area contributed by atoms with Gasteiger partial charge in [0.25, 0.3) is 0 Å². The Morgan fingerprint density at radius 3 is 2.55 bits per heavy atom. The second kappa shape index (κ2) is 9.13. The minimum atomic E-state index is 0.0743. The smallest absolute Gasteiger partial charge is 0.225 e. The van der Waals surface area contributed by atoms with Gasteiger partial charge in [0.1, 0.15) is 0 Å². The van der Waals surface area contributed by atoms with Crippen molar-refractivity contribution < 1.29 is 4.79 Å². The molecule has 6 nitrogen and oxygen atoms in total. The van der Waals surface area contributed by atoms with E-state index in [4.69, 9.17) is 0 Å². The first-order valence-corrected chi connectivity index (χ1v) is 10.9. The number of carbonyl (C=O) groups excluding carboxylic acids is 1. The molecule has 0 bridgehead atoms. The number of amides is 1. The van der Waals surface area contributed by atoms with Gasteiger partial charge in [-0.05, 0) is 37.8 Å². The van der Waals surface area contributed by atoms with Crippen LogP contribution in [0.25, 0.3) is 11.3 Å². The first-order chi connectivity index (χ1) is 14.2. The van der Waals surface area contributed by atoms with E-state index in [1.807, 2.05) is 13.0 Å². The van der Waals surface area contributed by atoms with Crippen LogP contribution >= 0.6 is 11.3 Å². The highest BCUT2D eigenvalue weighted by Gasteiger charge is 2.25. The summed E-state index contributed by atoms with van der Waals surface area (Å²) in [5.41, 5.74) is 3.38. The molecular weight excluding hydrogens is 382 g/mol. The average molecular weight is 408 g/mol. The molecule has 150 valence electrons. The molecule has 0 radical (unpaired) electrons. The van der Waals surface area contributed by atoms with E-state index in [2.05, 4.69) is 54.8 Å². The van der Waals surface area contributed by atoms with Crippen LogP contribution < -0.4 is 10.2 Å². The number of aromatic nitrogens is 3. The van der Waals surface area contributed by atoms with Gasteiger partial charge in [0.15, 0.2) is 0 Å². The summed E-state index contributed by atoms with van der Waals surface area (Å²) in [4.78, 5) is 27.8. The molecule has 0 unspecified atom stereocenters. The predicted molar refractivity (Wildman–Crippen MR) is 116 cm³/mol.